The van der Waals surface area contributed by atoms with Crippen LogP contribution in [-0.4, -0.2) is 25.7 Å². The molecular formula is C10H11N3O2. The number of fused-ring (bicyclic) bond motifs is 1. The molecule has 0 saturated carbocycles. The molecule has 0 atom stereocenters. The van der Waals surface area contributed by atoms with Gasteiger partial charge in [-0.3, -0.25) is 0 Å². The molecule has 0 aliphatic carbocycles. The van der Waals surface area contributed by atoms with Crippen molar-refractivity contribution in [2.75, 3.05) is 0 Å². The van der Waals surface area contributed by atoms with Crippen LogP contribution in [0.25, 0.3) is 5.65 Å². The number of carboxylic acid groups (broad SMARTS) is 1. The molecular weight excluding hydrogens is 194 g/mol. The van der Waals surface area contributed by atoms with Crippen LogP contribution in [0, 0.1) is 20.8 Å². The van der Waals surface area contributed by atoms with E-state index in [-0.39, 0.29) is 5.69 Å². The zero-order valence-electron chi connectivity index (χ0n) is 8.77. The number of aromatic carboxylic acids is 1. The minimum Gasteiger partial charge on any atom is -0.476 e. The van der Waals surface area contributed by atoms with Crippen molar-refractivity contribution in [2.45, 2.75) is 20.8 Å². The topological polar surface area (TPSA) is 67.5 Å². The Hall–Kier alpha value is -1.91. The van der Waals surface area contributed by atoms with Gasteiger partial charge < -0.3 is 5.11 Å². The van der Waals surface area contributed by atoms with Crippen LogP contribution < -0.4 is 0 Å². The van der Waals surface area contributed by atoms with Gasteiger partial charge in [0, 0.05) is 17.5 Å². The molecule has 1 N–H and O–H groups in total. The second-order valence-electron chi connectivity index (χ2n) is 3.51. The predicted molar refractivity (Wildman–Crippen MR) is 54.2 cm³/mol. The van der Waals surface area contributed by atoms with Crippen molar-refractivity contribution in [2.24, 2.45) is 0 Å². The number of hydrogen-bond acceptors (Lipinski definition) is 3. The molecule has 0 radical (unpaired) electrons. The molecule has 5 nitrogen and oxygen atoms in total. The average Bonchev–Trinajstić information content (AvgIpc) is 2.58. The maximum absolute atomic E-state index is 10.7. The summed E-state index contributed by atoms with van der Waals surface area (Å²) in [6.07, 6.45) is 0. The molecule has 0 aliphatic rings. The SMILES string of the molecule is Cc1nc2cc(C(=O)O)nn2c(C)c1C. The summed E-state index contributed by atoms with van der Waals surface area (Å²) in [5.41, 5.74) is 3.45. The average molecular weight is 205 g/mol. The minimum absolute atomic E-state index is 0.0237. The smallest absolute Gasteiger partial charge is 0.356 e. The zero-order chi connectivity index (χ0) is 11.2. The quantitative estimate of drug-likeness (QED) is 0.763. The highest BCUT2D eigenvalue weighted by Crippen LogP contribution is 2.13. The molecule has 2 aromatic rings. The van der Waals surface area contributed by atoms with Gasteiger partial charge in [-0.05, 0) is 26.3 Å². The van der Waals surface area contributed by atoms with Gasteiger partial charge in [0.25, 0.3) is 0 Å². The molecule has 0 amide bonds. The summed E-state index contributed by atoms with van der Waals surface area (Å²) in [4.78, 5) is 15.0. The first kappa shape index (κ1) is 9.64. The highest BCUT2D eigenvalue weighted by atomic mass is 16.4. The number of aromatic nitrogens is 3. The van der Waals surface area contributed by atoms with Gasteiger partial charge in [0.15, 0.2) is 11.3 Å². The van der Waals surface area contributed by atoms with Crippen molar-refractivity contribution < 1.29 is 9.90 Å². The maximum atomic E-state index is 10.7. The lowest BCUT2D eigenvalue weighted by atomic mass is 10.2. The van der Waals surface area contributed by atoms with Gasteiger partial charge >= 0.3 is 5.97 Å². The monoisotopic (exact) mass is 205 g/mol. The second kappa shape index (κ2) is 3.05. The second-order valence-corrected chi connectivity index (χ2v) is 3.51. The van der Waals surface area contributed by atoms with Crippen LogP contribution in [0.1, 0.15) is 27.4 Å². The van der Waals surface area contributed by atoms with Crippen LogP contribution in [0.4, 0.5) is 0 Å². The van der Waals surface area contributed by atoms with Crippen molar-refractivity contribution in [3.05, 3.63) is 28.7 Å². The van der Waals surface area contributed by atoms with E-state index in [0.29, 0.717) is 5.65 Å². The Morgan fingerprint density at radius 3 is 2.67 bits per heavy atom. The number of aryl methyl sites for hydroxylation is 2. The normalized spacial score (nSPS) is 10.9. The van der Waals surface area contributed by atoms with Gasteiger partial charge in [-0.15, -0.1) is 0 Å². The lowest BCUT2D eigenvalue weighted by molar-refractivity contribution is 0.0690. The Morgan fingerprint density at radius 1 is 1.40 bits per heavy atom. The van der Waals surface area contributed by atoms with E-state index in [1.165, 1.54) is 6.07 Å². The standard InChI is InChI=1S/C10H11N3O2/c1-5-6(2)11-9-4-8(10(14)15)12-13(9)7(5)3/h4H,1-3H3,(H,14,15). The third kappa shape index (κ3) is 1.36. The van der Waals surface area contributed by atoms with E-state index in [1.54, 1.807) is 4.52 Å². The highest BCUT2D eigenvalue weighted by Gasteiger charge is 2.12. The van der Waals surface area contributed by atoms with Gasteiger partial charge in [-0.2, -0.15) is 5.10 Å². The van der Waals surface area contributed by atoms with Crippen LogP contribution in [0.2, 0.25) is 0 Å². The summed E-state index contributed by atoms with van der Waals surface area (Å²) in [6, 6.07) is 1.47. The van der Waals surface area contributed by atoms with E-state index in [1.807, 2.05) is 20.8 Å². The first-order chi connectivity index (χ1) is 7.00. The van der Waals surface area contributed by atoms with Crippen molar-refractivity contribution >= 4 is 11.6 Å². The molecule has 0 spiro atoms. The van der Waals surface area contributed by atoms with Crippen molar-refractivity contribution in [1.29, 1.82) is 0 Å². The van der Waals surface area contributed by atoms with Crippen LogP contribution in [-0.2, 0) is 0 Å². The Balaban J connectivity index is 2.82. The van der Waals surface area contributed by atoms with Crippen molar-refractivity contribution in [3.63, 3.8) is 0 Å². The van der Waals surface area contributed by atoms with E-state index < -0.39 is 5.97 Å². The minimum atomic E-state index is -1.03. The van der Waals surface area contributed by atoms with Crippen molar-refractivity contribution in [3.8, 4) is 0 Å². The van der Waals surface area contributed by atoms with Gasteiger partial charge in [0.1, 0.15) is 0 Å². The molecule has 0 bridgehead atoms. The lowest BCUT2D eigenvalue weighted by Crippen LogP contribution is -2.03. The summed E-state index contributed by atoms with van der Waals surface area (Å²) >= 11 is 0. The fraction of sp³-hybridized carbons (Fsp3) is 0.300. The molecule has 5 heteroatoms. The van der Waals surface area contributed by atoms with E-state index in [4.69, 9.17) is 5.11 Å². The van der Waals surface area contributed by atoms with E-state index in [2.05, 4.69) is 10.1 Å². The fourth-order valence-electron chi connectivity index (χ4n) is 1.48. The van der Waals surface area contributed by atoms with E-state index in [0.717, 1.165) is 17.0 Å². The number of carbonyl (C=O) groups is 1. The molecule has 78 valence electrons. The van der Waals surface area contributed by atoms with Crippen molar-refractivity contribution in [1.82, 2.24) is 14.6 Å². The number of carboxylic acids is 1. The van der Waals surface area contributed by atoms with Crippen LogP contribution >= 0.6 is 0 Å². The molecule has 2 aromatic heterocycles. The van der Waals surface area contributed by atoms with Gasteiger partial charge in [0.05, 0.1) is 0 Å². The van der Waals surface area contributed by atoms with E-state index >= 15 is 0 Å². The summed E-state index contributed by atoms with van der Waals surface area (Å²) < 4.78 is 1.56. The summed E-state index contributed by atoms with van der Waals surface area (Å²) in [6.45, 7) is 5.74. The Labute approximate surface area is 86.4 Å². The number of rotatable bonds is 1. The molecule has 0 aliphatic heterocycles. The molecule has 2 rings (SSSR count). The third-order valence-corrected chi connectivity index (χ3v) is 2.60. The predicted octanol–water partition coefficient (Wildman–Crippen LogP) is 1.35. The van der Waals surface area contributed by atoms with Gasteiger partial charge in [-0.1, -0.05) is 0 Å². The fourth-order valence-corrected chi connectivity index (χ4v) is 1.48. The van der Waals surface area contributed by atoms with Crippen LogP contribution in [0.15, 0.2) is 6.07 Å². The van der Waals surface area contributed by atoms with Crippen LogP contribution in [0.5, 0.6) is 0 Å². The van der Waals surface area contributed by atoms with E-state index in [9.17, 15) is 4.79 Å². The summed E-state index contributed by atoms with van der Waals surface area (Å²) in [7, 11) is 0. The molecule has 15 heavy (non-hydrogen) atoms. The largest absolute Gasteiger partial charge is 0.476 e. The summed E-state index contributed by atoms with van der Waals surface area (Å²) in [5.74, 6) is -1.03. The Morgan fingerprint density at radius 2 is 2.07 bits per heavy atom. The molecule has 2 heterocycles. The van der Waals surface area contributed by atoms with Gasteiger partial charge in [-0.25, -0.2) is 14.3 Å². The summed E-state index contributed by atoms with van der Waals surface area (Å²) in [5, 5.41) is 12.8. The maximum Gasteiger partial charge on any atom is 0.356 e. The molecule has 0 fully saturated rings. The number of nitrogens with zero attached hydrogens (tertiary/aromatic N) is 3. The molecule has 0 saturated heterocycles. The highest BCUT2D eigenvalue weighted by molar-refractivity contribution is 5.86. The third-order valence-electron chi connectivity index (χ3n) is 2.60. The lowest BCUT2D eigenvalue weighted by Gasteiger charge is -2.05. The Bertz CT molecular complexity index is 557. The first-order valence-corrected chi connectivity index (χ1v) is 4.57. The number of hydrogen-bond donors (Lipinski definition) is 1. The molecule has 0 aromatic carbocycles. The van der Waals surface area contributed by atoms with Crippen LogP contribution in [0.3, 0.4) is 0 Å². The molecule has 0 unspecified atom stereocenters. The van der Waals surface area contributed by atoms with Gasteiger partial charge in [0.2, 0.25) is 0 Å². The first-order valence-electron chi connectivity index (χ1n) is 4.57. The zero-order valence-corrected chi connectivity index (χ0v) is 8.77. The Kier molecular flexibility index (Phi) is 1.96.